The molecule has 0 saturated heterocycles. The van der Waals surface area contributed by atoms with E-state index < -0.39 is 6.10 Å². The number of benzene rings is 1. The predicted molar refractivity (Wildman–Crippen MR) is 51.0 cm³/mol. The lowest BCUT2D eigenvalue weighted by Gasteiger charge is -2.08. The second-order valence-corrected chi connectivity index (χ2v) is 3.12. The topological polar surface area (TPSA) is 44.0 Å². The highest BCUT2D eigenvalue weighted by Crippen LogP contribution is 2.17. The van der Waals surface area contributed by atoms with Crippen molar-refractivity contribution in [2.24, 2.45) is 0 Å². The summed E-state index contributed by atoms with van der Waals surface area (Å²) in [4.78, 5) is 0. The molecule has 68 valence electrons. The van der Waals surface area contributed by atoms with Crippen molar-refractivity contribution < 1.29 is 5.11 Å². The molecule has 0 aliphatic carbocycles. The number of aryl methyl sites for hydroxylation is 1. The normalized spacial score (nSPS) is 12.1. The molecule has 0 fully saturated rings. The van der Waals surface area contributed by atoms with Crippen LogP contribution in [0.2, 0.25) is 0 Å². The Labute approximate surface area is 78.4 Å². The number of hydrogen-bond acceptors (Lipinski definition) is 2. The van der Waals surface area contributed by atoms with Gasteiger partial charge in [0.25, 0.3) is 0 Å². The summed E-state index contributed by atoms with van der Waals surface area (Å²) in [6.45, 7) is 2.01. The van der Waals surface area contributed by atoms with Gasteiger partial charge in [-0.05, 0) is 18.9 Å². The molecule has 0 heterocycles. The van der Waals surface area contributed by atoms with E-state index in [0.29, 0.717) is 12.8 Å². The van der Waals surface area contributed by atoms with Crippen LogP contribution in [-0.4, -0.2) is 5.11 Å². The third-order valence-electron chi connectivity index (χ3n) is 1.99. The SMILES string of the molecule is Cc1ccc(C(O)CCC#N)cc1. The lowest BCUT2D eigenvalue weighted by molar-refractivity contribution is 0.169. The molecule has 0 saturated carbocycles. The molecule has 1 atom stereocenters. The van der Waals surface area contributed by atoms with Gasteiger partial charge in [0, 0.05) is 6.42 Å². The maximum atomic E-state index is 9.59. The average molecular weight is 175 g/mol. The van der Waals surface area contributed by atoms with Gasteiger partial charge in [0.1, 0.15) is 0 Å². The fourth-order valence-corrected chi connectivity index (χ4v) is 1.16. The van der Waals surface area contributed by atoms with Crippen molar-refractivity contribution >= 4 is 0 Å². The van der Waals surface area contributed by atoms with Gasteiger partial charge in [0.05, 0.1) is 12.2 Å². The first kappa shape index (κ1) is 9.76. The summed E-state index contributed by atoms with van der Waals surface area (Å²) in [5, 5.41) is 17.9. The monoisotopic (exact) mass is 175 g/mol. The molecular weight excluding hydrogens is 162 g/mol. The Balaban J connectivity index is 2.62. The van der Waals surface area contributed by atoms with E-state index in [1.807, 2.05) is 37.3 Å². The number of aliphatic hydroxyl groups is 1. The molecular formula is C11H13NO. The van der Waals surface area contributed by atoms with Crippen LogP contribution in [-0.2, 0) is 0 Å². The maximum Gasteiger partial charge on any atom is 0.0799 e. The minimum Gasteiger partial charge on any atom is -0.388 e. The Morgan fingerprint density at radius 1 is 1.38 bits per heavy atom. The summed E-state index contributed by atoms with van der Waals surface area (Å²) in [6.07, 6.45) is 0.412. The van der Waals surface area contributed by atoms with E-state index in [2.05, 4.69) is 0 Å². The van der Waals surface area contributed by atoms with Crippen molar-refractivity contribution in [1.29, 1.82) is 5.26 Å². The Hall–Kier alpha value is -1.33. The standard InChI is InChI=1S/C11H13NO/c1-9-4-6-10(7-5-9)11(13)3-2-8-12/h4-7,11,13H,2-3H2,1H3. The van der Waals surface area contributed by atoms with E-state index in [1.165, 1.54) is 5.56 Å². The molecule has 0 aromatic heterocycles. The van der Waals surface area contributed by atoms with E-state index in [0.717, 1.165) is 5.56 Å². The van der Waals surface area contributed by atoms with E-state index in [9.17, 15) is 5.11 Å². The Bertz CT molecular complexity index is 297. The number of nitriles is 1. The van der Waals surface area contributed by atoms with Crippen LogP contribution in [0.1, 0.15) is 30.1 Å². The first-order chi connectivity index (χ1) is 6.24. The van der Waals surface area contributed by atoms with Crippen molar-refractivity contribution in [3.8, 4) is 6.07 Å². The van der Waals surface area contributed by atoms with Gasteiger partial charge in [-0.3, -0.25) is 0 Å². The molecule has 13 heavy (non-hydrogen) atoms. The van der Waals surface area contributed by atoms with Crippen LogP contribution in [0, 0.1) is 18.3 Å². The van der Waals surface area contributed by atoms with Gasteiger partial charge in [-0.2, -0.15) is 5.26 Å². The Kier molecular flexibility index (Phi) is 3.48. The van der Waals surface area contributed by atoms with Crippen LogP contribution in [0.3, 0.4) is 0 Å². The van der Waals surface area contributed by atoms with Crippen LogP contribution in [0.4, 0.5) is 0 Å². The third-order valence-corrected chi connectivity index (χ3v) is 1.99. The molecule has 2 nitrogen and oxygen atoms in total. The fraction of sp³-hybridized carbons (Fsp3) is 0.364. The van der Waals surface area contributed by atoms with Crippen LogP contribution < -0.4 is 0 Å². The van der Waals surface area contributed by atoms with Crippen molar-refractivity contribution in [2.75, 3.05) is 0 Å². The molecule has 1 rings (SSSR count). The van der Waals surface area contributed by atoms with Crippen molar-refractivity contribution in [3.05, 3.63) is 35.4 Å². The van der Waals surface area contributed by atoms with E-state index in [4.69, 9.17) is 5.26 Å². The molecule has 0 radical (unpaired) electrons. The molecule has 0 aliphatic rings. The Morgan fingerprint density at radius 3 is 2.54 bits per heavy atom. The van der Waals surface area contributed by atoms with E-state index in [-0.39, 0.29) is 0 Å². The van der Waals surface area contributed by atoms with Gasteiger partial charge < -0.3 is 5.11 Å². The summed E-state index contributed by atoms with van der Waals surface area (Å²) in [6, 6.07) is 9.75. The van der Waals surface area contributed by atoms with Crippen molar-refractivity contribution in [3.63, 3.8) is 0 Å². The largest absolute Gasteiger partial charge is 0.388 e. The van der Waals surface area contributed by atoms with Gasteiger partial charge in [0.2, 0.25) is 0 Å². The first-order valence-electron chi connectivity index (χ1n) is 4.35. The fourth-order valence-electron chi connectivity index (χ4n) is 1.16. The van der Waals surface area contributed by atoms with Gasteiger partial charge in [-0.1, -0.05) is 29.8 Å². The Morgan fingerprint density at radius 2 is 2.00 bits per heavy atom. The summed E-state index contributed by atoms with van der Waals surface area (Å²) in [5.41, 5.74) is 2.07. The molecule has 1 aromatic carbocycles. The van der Waals surface area contributed by atoms with E-state index >= 15 is 0 Å². The molecule has 1 unspecified atom stereocenters. The van der Waals surface area contributed by atoms with E-state index in [1.54, 1.807) is 0 Å². The van der Waals surface area contributed by atoms with Crippen LogP contribution >= 0.6 is 0 Å². The molecule has 0 spiro atoms. The number of nitrogens with zero attached hydrogens (tertiary/aromatic N) is 1. The highest BCUT2D eigenvalue weighted by atomic mass is 16.3. The summed E-state index contributed by atoms with van der Waals surface area (Å²) in [7, 11) is 0. The van der Waals surface area contributed by atoms with Gasteiger partial charge in [-0.15, -0.1) is 0 Å². The highest BCUT2D eigenvalue weighted by Gasteiger charge is 2.05. The van der Waals surface area contributed by atoms with Crippen LogP contribution in [0.5, 0.6) is 0 Å². The molecule has 0 bridgehead atoms. The zero-order valence-electron chi connectivity index (χ0n) is 7.70. The van der Waals surface area contributed by atoms with Crippen LogP contribution in [0.25, 0.3) is 0 Å². The second-order valence-electron chi connectivity index (χ2n) is 3.12. The predicted octanol–water partition coefficient (Wildman–Crippen LogP) is 2.33. The number of hydrogen-bond donors (Lipinski definition) is 1. The number of aliphatic hydroxyl groups excluding tert-OH is 1. The molecule has 0 aliphatic heterocycles. The summed E-state index contributed by atoms with van der Waals surface area (Å²) >= 11 is 0. The molecule has 1 aromatic rings. The lowest BCUT2D eigenvalue weighted by atomic mass is 10.0. The van der Waals surface area contributed by atoms with Crippen LogP contribution in [0.15, 0.2) is 24.3 Å². The van der Waals surface area contributed by atoms with Gasteiger partial charge in [-0.25, -0.2) is 0 Å². The van der Waals surface area contributed by atoms with Crippen molar-refractivity contribution in [2.45, 2.75) is 25.9 Å². The third kappa shape index (κ3) is 2.89. The second kappa shape index (κ2) is 4.64. The zero-order valence-corrected chi connectivity index (χ0v) is 7.70. The molecule has 2 heteroatoms. The highest BCUT2D eigenvalue weighted by molar-refractivity contribution is 5.23. The van der Waals surface area contributed by atoms with Gasteiger partial charge >= 0.3 is 0 Å². The smallest absolute Gasteiger partial charge is 0.0799 e. The minimum atomic E-state index is -0.500. The zero-order chi connectivity index (χ0) is 9.68. The number of rotatable bonds is 3. The molecule has 0 amide bonds. The summed E-state index contributed by atoms with van der Waals surface area (Å²) < 4.78 is 0. The lowest BCUT2D eigenvalue weighted by Crippen LogP contribution is -1.96. The molecule has 1 N–H and O–H groups in total. The maximum absolute atomic E-state index is 9.59. The average Bonchev–Trinajstić information content (AvgIpc) is 2.15. The summed E-state index contributed by atoms with van der Waals surface area (Å²) in [5.74, 6) is 0. The van der Waals surface area contributed by atoms with Crippen molar-refractivity contribution in [1.82, 2.24) is 0 Å². The van der Waals surface area contributed by atoms with Gasteiger partial charge in [0.15, 0.2) is 0 Å². The minimum absolute atomic E-state index is 0.398. The first-order valence-corrected chi connectivity index (χ1v) is 4.35. The quantitative estimate of drug-likeness (QED) is 0.766.